The fraction of sp³-hybridized carbons (Fsp3) is 0.800. The van der Waals surface area contributed by atoms with Gasteiger partial charge in [-0.3, -0.25) is 14.5 Å². The van der Waals surface area contributed by atoms with Gasteiger partial charge >= 0.3 is 0 Å². The maximum atomic E-state index is 10.8. The van der Waals surface area contributed by atoms with Gasteiger partial charge in [-0.2, -0.15) is 0 Å². The summed E-state index contributed by atoms with van der Waals surface area (Å²) in [7, 11) is 0. The van der Waals surface area contributed by atoms with E-state index in [1.165, 1.54) is 0 Å². The van der Waals surface area contributed by atoms with E-state index in [0.717, 1.165) is 51.6 Å². The highest BCUT2D eigenvalue weighted by molar-refractivity contribution is 5.48. The number of nitrogens with zero attached hydrogens (tertiary/aromatic N) is 2. The molecule has 0 aliphatic carbocycles. The molecule has 84 valence electrons. The lowest BCUT2D eigenvalue weighted by Gasteiger charge is -2.34. The molecule has 0 aromatic carbocycles. The van der Waals surface area contributed by atoms with Crippen LogP contribution in [0.25, 0.3) is 0 Å². The Morgan fingerprint density at radius 2 is 1.93 bits per heavy atom. The van der Waals surface area contributed by atoms with Gasteiger partial charge in [0.15, 0.2) is 0 Å². The smallest absolute Gasteiger partial charge is 0.210 e. The van der Waals surface area contributed by atoms with Gasteiger partial charge in [-0.25, -0.2) is 0 Å². The van der Waals surface area contributed by atoms with Crippen molar-refractivity contribution in [2.75, 3.05) is 13.1 Å². The SMILES string of the molecule is O=CNC1CCCN1[C@@H]1CCCN1C=O. The first-order valence-corrected chi connectivity index (χ1v) is 5.53. The molecule has 0 aromatic rings. The Bertz CT molecular complexity index is 247. The van der Waals surface area contributed by atoms with Crippen LogP contribution in [0.5, 0.6) is 0 Å². The molecule has 2 aliphatic rings. The molecule has 5 nitrogen and oxygen atoms in total. The van der Waals surface area contributed by atoms with Crippen LogP contribution in [0.3, 0.4) is 0 Å². The summed E-state index contributed by atoms with van der Waals surface area (Å²) < 4.78 is 0. The Morgan fingerprint density at radius 3 is 2.67 bits per heavy atom. The molecule has 2 saturated heterocycles. The summed E-state index contributed by atoms with van der Waals surface area (Å²) in [6.45, 7) is 1.82. The van der Waals surface area contributed by atoms with Gasteiger partial charge in [-0.1, -0.05) is 0 Å². The summed E-state index contributed by atoms with van der Waals surface area (Å²) in [4.78, 5) is 25.4. The predicted molar refractivity (Wildman–Crippen MR) is 54.7 cm³/mol. The van der Waals surface area contributed by atoms with Gasteiger partial charge in [0.1, 0.15) is 0 Å². The number of carbonyl (C=O) groups excluding carboxylic acids is 2. The lowest BCUT2D eigenvalue weighted by molar-refractivity contribution is -0.122. The highest BCUT2D eigenvalue weighted by Gasteiger charge is 2.35. The third-order valence-electron chi connectivity index (χ3n) is 3.33. The normalized spacial score (nSPS) is 31.9. The molecule has 1 N–H and O–H groups in total. The van der Waals surface area contributed by atoms with Crippen molar-refractivity contribution in [3.05, 3.63) is 0 Å². The summed E-state index contributed by atoms with van der Waals surface area (Å²) in [5.41, 5.74) is 0. The van der Waals surface area contributed by atoms with E-state index >= 15 is 0 Å². The summed E-state index contributed by atoms with van der Waals surface area (Å²) in [6, 6.07) is 0. The van der Waals surface area contributed by atoms with E-state index in [2.05, 4.69) is 10.2 Å². The van der Waals surface area contributed by atoms with E-state index in [1.54, 1.807) is 0 Å². The molecule has 0 saturated carbocycles. The molecule has 0 spiro atoms. The molecule has 2 heterocycles. The second-order valence-corrected chi connectivity index (χ2v) is 4.15. The average molecular weight is 211 g/mol. The molecule has 15 heavy (non-hydrogen) atoms. The molecule has 2 aliphatic heterocycles. The fourth-order valence-electron chi connectivity index (χ4n) is 2.65. The minimum Gasteiger partial charge on any atom is -0.343 e. The Labute approximate surface area is 89.4 Å². The van der Waals surface area contributed by atoms with Crippen molar-refractivity contribution >= 4 is 12.8 Å². The van der Waals surface area contributed by atoms with Crippen LogP contribution in [0.4, 0.5) is 0 Å². The molecule has 1 unspecified atom stereocenters. The van der Waals surface area contributed by atoms with Crippen molar-refractivity contribution in [1.29, 1.82) is 0 Å². The van der Waals surface area contributed by atoms with Crippen LogP contribution in [0, 0.1) is 0 Å². The topological polar surface area (TPSA) is 52.7 Å². The zero-order chi connectivity index (χ0) is 10.7. The van der Waals surface area contributed by atoms with Crippen LogP contribution >= 0.6 is 0 Å². The third kappa shape index (κ3) is 1.97. The van der Waals surface area contributed by atoms with Gasteiger partial charge in [-0.05, 0) is 25.7 Å². The van der Waals surface area contributed by atoms with E-state index in [9.17, 15) is 9.59 Å². The third-order valence-corrected chi connectivity index (χ3v) is 3.33. The van der Waals surface area contributed by atoms with E-state index < -0.39 is 0 Å². The first-order chi connectivity index (χ1) is 7.36. The van der Waals surface area contributed by atoms with Crippen molar-refractivity contribution in [1.82, 2.24) is 15.1 Å². The van der Waals surface area contributed by atoms with Crippen molar-refractivity contribution in [2.24, 2.45) is 0 Å². The molecule has 2 rings (SSSR count). The van der Waals surface area contributed by atoms with Crippen LogP contribution in [-0.4, -0.2) is 48.0 Å². The molecule has 2 fully saturated rings. The average Bonchev–Trinajstić information content (AvgIpc) is 2.84. The molecule has 2 atom stereocenters. The Hall–Kier alpha value is -1.10. The zero-order valence-corrected chi connectivity index (χ0v) is 8.76. The first kappa shape index (κ1) is 10.4. The van der Waals surface area contributed by atoms with Crippen molar-refractivity contribution in [3.8, 4) is 0 Å². The molecule has 5 heteroatoms. The molecule has 0 bridgehead atoms. The van der Waals surface area contributed by atoms with Crippen molar-refractivity contribution in [2.45, 2.75) is 38.0 Å². The van der Waals surface area contributed by atoms with Gasteiger partial charge in [0, 0.05) is 13.1 Å². The van der Waals surface area contributed by atoms with Crippen LogP contribution < -0.4 is 5.32 Å². The summed E-state index contributed by atoms with van der Waals surface area (Å²) in [5, 5.41) is 2.82. The van der Waals surface area contributed by atoms with Crippen LogP contribution in [-0.2, 0) is 9.59 Å². The van der Waals surface area contributed by atoms with E-state index in [0.29, 0.717) is 0 Å². The molecule has 0 radical (unpaired) electrons. The number of carbonyl (C=O) groups is 2. The highest BCUT2D eigenvalue weighted by atomic mass is 16.1. The minimum atomic E-state index is 0.119. The van der Waals surface area contributed by atoms with Gasteiger partial charge in [0.25, 0.3) is 0 Å². The van der Waals surface area contributed by atoms with Crippen molar-refractivity contribution in [3.63, 3.8) is 0 Å². The van der Waals surface area contributed by atoms with Gasteiger partial charge < -0.3 is 10.2 Å². The van der Waals surface area contributed by atoms with Crippen LogP contribution in [0.15, 0.2) is 0 Å². The Kier molecular flexibility index (Phi) is 3.20. The maximum Gasteiger partial charge on any atom is 0.210 e. The lowest BCUT2D eigenvalue weighted by Crippen LogP contribution is -2.51. The summed E-state index contributed by atoms with van der Waals surface area (Å²) >= 11 is 0. The second kappa shape index (κ2) is 4.61. The van der Waals surface area contributed by atoms with Crippen LogP contribution in [0.1, 0.15) is 25.7 Å². The van der Waals surface area contributed by atoms with Crippen LogP contribution in [0.2, 0.25) is 0 Å². The summed E-state index contributed by atoms with van der Waals surface area (Å²) in [5.74, 6) is 0. The molecule has 0 aromatic heterocycles. The second-order valence-electron chi connectivity index (χ2n) is 4.15. The standard InChI is InChI=1S/C10H17N3O2/c14-7-11-9-3-1-6-13(9)10-4-2-5-12(10)8-15/h7-10H,1-6H2,(H,11,14)/t9?,10-/m1/s1. The monoisotopic (exact) mass is 211 g/mol. The molecular formula is C10H17N3O2. The van der Waals surface area contributed by atoms with Gasteiger partial charge in [-0.15, -0.1) is 0 Å². The number of hydrogen-bond donors (Lipinski definition) is 1. The Balaban J connectivity index is 2.01. The maximum absolute atomic E-state index is 10.8. The quantitative estimate of drug-likeness (QED) is 0.651. The number of nitrogens with one attached hydrogen (secondary N) is 1. The predicted octanol–water partition coefficient (Wildman–Crippen LogP) is -0.267. The number of rotatable bonds is 4. The number of likely N-dealkylation sites (tertiary alicyclic amines) is 2. The number of hydrogen-bond acceptors (Lipinski definition) is 3. The minimum absolute atomic E-state index is 0.119. The van der Waals surface area contributed by atoms with Gasteiger partial charge in [0.05, 0.1) is 12.3 Å². The zero-order valence-electron chi connectivity index (χ0n) is 8.76. The van der Waals surface area contributed by atoms with E-state index in [4.69, 9.17) is 0 Å². The molecule has 2 amide bonds. The highest BCUT2D eigenvalue weighted by Crippen LogP contribution is 2.26. The van der Waals surface area contributed by atoms with E-state index in [-0.39, 0.29) is 12.3 Å². The molecular weight excluding hydrogens is 194 g/mol. The fourth-order valence-corrected chi connectivity index (χ4v) is 2.65. The largest absolute Gasteiger partial charge is 0.343 e. The lowest BCUT2D eigenvalue weighted by atomic mass is 10.3. The van der Waals surface area contributed by atoms with Gasteiger partial charge in [0.2, 0.25) is 12.8 Å². The number of amides is 2. The van der Waals surface area contributed by atoms with E-state index in [1.807, 2.05) is 4.90 Å². The first-order valence-electron chi connectivity index (χ1n) is 5.53. The van der Waals surface area contributed by atoms with Crippen molar-refractivity contribution < 1.29 is 9.59 Å². The Morgan fingerprint density at radius 1 is 1.13 bits per heavy atom. The summed E-state index contributed by atoms with van der Waals surface area (Å²) in [6.07, 6.45) is 6.16.